The summed E-state index contributed by atoms with van der Waals surface area (Å²) < 4.78 is 41.0. The van der Waals surface area contributed by atoms with Crippen molar-refractivity contribution >= 4 is 26.3 Å². The largest absolute Gasteiger partial charge is 0.466 e. The number of rotatable bonds is 11. The second-order valence-electron chi connectivity index (χ2n) is 14.2. The predicted octanol–water partition coefficient (Wildman–Crippen LogP) is 4.61. The van der Waals surface area contributed by atoms with Gasteiger partial charge in [-0.25, -0.2) is 4.79 Å². The molecule has 0 spiro atoms. The van der Waals surface area contributed by atoms with Crippen LogP contribution in [0.5, 0.6) is 0 Å². The highest BCUT2D eigenvalue weighted by molar-refractivity contribution is 5.83. The van der Waals surface area contributed by atoms with Gasteiger partial charge < -0.3 is 48.5 Å². The molecule has 3 aliphatic rings. The van der Waals surface area contributed by atoms with E-state index in [1.807, 2.05) is 0 Å². The molecule has 13 nitrogen and oxygen atoms in total. The fraction of sp³-hybridized carbons (Fsp3) is 0.769. The van der Waals surface area contributed by atoms with Gasteiger partial charge in [0, 0.05) is 52.4 Å². The maximum absolute atomic E-state index is 13.3. The van der Waals surface area contributed by atoms with Gasteiger partial charge in [-0.05, 0) is 43.8 Å². The first kappa shape index (κ1) is 48.4. The number of carbonyl (C=O) groups is 3. The normalized spacial score (nSPS) is 32.5. The van der Waals surface area contributed by atoms with Gasteiger partial charge in [0.2, 0.25) is 5.79 Å². The summed E-state index contributed by atoms with van der Waals surface area (Å²) in [5.74, 6) is -4.29. The smallest absolute Gasteiger partial charge is 0.330 e. The van der Waals surface area contributed by atoms with Gasteiger partial charge in [0.25, 0.3) is 0 Å². The zero-order valence-electron chi connectivity index (χ0n) is 31.4. The van der Waals surface area contributed by atoms with Gasteiger partial charge in [-0.2, -0.15) is 0 Å². The third-order valence-electron chi connectivity index (χ3n) is 9.55. The standard InChI is InChI=1S/C38H60O13.CH4.B/c1-6-8-9-10-11-13-32(41)50-36-26(21-33(42)45-5)20-30-24-31(25-39)47-34(43)22-27(40)15-18-46-19-16-29-23-28(12-7-2)48-35(49-29)14-17-37(3,4)38(36,44)51-30;;/h7,14,17,21,27-31,35-36,39-40,44H,2,6,8-13,15-16,18-20,22-25H2,1,3-5H3;1H4;/b17-14+,26-21+;;/t27-,28+,29?,30+,31?,35+,36+,38-;;/m1../s1. The minimum absolute atomic E-state index is 0. The SMILES string of the molecule is C.C=CC[C@H]1CC2CCOCC[C@@H](O)CC(=O)OC(CO)C[C@@H]3C/C(=C\C(=O)OC)[C@H](OC(=O)CCCCCCC)[C@@](O)(O3)C(C)(C)/C=C/[C@H](O2)O1.[B]. The van der Waals surface area contributed by atoms with E-state index in [1.54, 1.807) is 32.1 Å². The van der Waals surface area contributed by atoms with Crippen molar-refractivity contribution in [3.05, 3.63) is 36.5 Å². The summed E-state index contributed by atoms with van der Waals surface area (Å²) in [5.41, 5.74) is -1.08. The summed E-state index contributed by atoms with van der Waals surface area (Å²) in [6, 6.07) is 0. The van der Waals surface area contributed by atoms with Crippen LogP contribution in [0.4, 0.5) is 0 Å². The Kier molecular flexibility index (Phi) is 22.0. The Hall–Kier alpha value is -2.59. The second kappa shape index (κ2) is 24.0. The van der Waals surface area contributed by atoms with Crippen LogP contribution in [0.3, 0.4) is 0 Å². The molecule has 3 aliphatic heterocycles. The van der Waals surface area contributed by atoms with E-state index < -0.39 is 66.4 Å². The van der Waals surface area contributed by atoms with Crippen molar-refractivity contribution in [2.24, 2.45) is 5.41 Å². The number of methoxy groups -OCH3 is 1. The van der Waals surface area contributed by atoms with Crippen LogP contribution in [-0.2, 0) is 47.5 Å². The Balaban J connectivity index is 0.00000702. The first-order valence-corrected chi connectivity index (χ1v) is 18.4. The summed E-state index contributed by atoms with van der Waals surface area (Å²) in [4.78, 5) is 38.7. The van der Waals surface area contributed by atoms with E-state index in [0.717, 1.165) is 25.7 Å². The van der Waals surface area contributed by atoms with Crippen molar-refractivity contribution in [1.82, 2.24) is 0 Å². The van der Waals surface area contributed by atoms with Crippen molar-refractivity contribution in [3.8, 4) is 0 Å². The van der Waals surface area contributed by atoms with Crippen LogP contribution < -0.4 is 0 Å². The Bertz CT molecular complexity index is 1190. The van der Waals surface area contributed by atoms with Crippen molar-refractivity contribution in [3.63, 3.8) is 0 Å². The molecule has 0 saturated carbocycles. The van der Waals surface area contributed by atoms with Gasteiger partial charge in [0.15, 0.2) is 12.4 Å². The predicted molar refractivity (Wildman–Crippen MR) is 198 cm³/mol. The molecule has 0 aromatic carbocycles. The molecular weight excluding hydrogens is 687 g/mol. The molecule has 0 aromatic rings. The van der Waals surface area contributed by atoms with Gasteiger partial charge in [-0.3, -0.25) is 9.59 Å². The molecule has 4 bridgehead atoms. The highest BCUT2D eigenvalue weighted by Gasteiger charge is 2.57. The van der Waals surface area contributed by atoms with E-state index in [-0.39, 0.29) is 72.3 Å². The minimum Gasteiger partial charge on any atom is -0.466 e. The number of carbonyl (C=O) groups excluding carboxylic acids is 3. The average Bonchev–Trinajstić information content (AvgIpc) is 3.08. The van der Waals surface area contributed by atoms with Gasteiger partial charge in [-0.15, -0.1) is 6.58 Å². The van der Waals surface area contributed by atoms with Crippen molar-refractivity contribution in [1.29, 1.82) is 0 Å². The molecule has 3 heterocycles. The van der Waals surface area contributed by atoms with Crippen molar-refractivity contribution < 1.29 is 62.9 Å². The van der Waals surface area contributed by atoms with Crippen LogP contribution in [0.2, 0.25) is 0 Å². The fourth-order valence-electron chi connectivity index (χ4n) is 6.55. The highest BCUT2D eigenvalue weighted by Crippen LogP contribution is 2.47. The third-order valence-corrected chi connectivity index (χ3v) is 9.55. The Morgan fingerprint density at radius 1 is 1.04 bits per heavy atom. The number of hydrogen-bond donors (Lipinski definition) is 3. The first-order valence-electron chi connectivity index (χ1n) is 18.4. The van der Waals surface area contributed by atoms with E-state index >= 15 is 0 Å². The van der Waals surface area contributed by atoms with E-state index in [9.17, 15) is 29.7 Å². The molecular formula is C39H64BO13. The molecule has 2 fully saturated rings. The lowest BCUT2D eigenvalue weighted by atomic mass is 9.74. The lowest BCUT2D eigenvalue weighted by Gasteiger charge is -2.51. The summed E-state index contributed by atoms with van der Waals surface area (Å²) in [6.45, 7) is 9.35. The van der Waals surface area contributed by atoms with Crippen LogP contribution in [0.15, 0.2) is 36.5 Å². The topological polar surface area (TPSA) is 177 Å². The van der Waals surface area contributed by atoms with Gasteiger partial charge in [0.05, 0.1) is 44.6 Å². The van der Waals surface area contributed by atoms with E-state index in [4.69, 9.17) is 33.2 Å². The van der Waals surface area contributed by atoms with Crippen LogP contribution in [0.1, 0.15) is 112 Å². The maximum atomic E-state index is 13.3. The number of cyclic esters (lactones) is 1. The molecule has 53 heavy (non-hydrogen) atoms. The molecule has 3 N–H and O–H groups in total. The number of esters is 3. The minimum atomic E-state index is -2.27. The lowest BCUT2D eigenvalue weighted by molar-refractivity contribution is -0.327. The van der Waals surface area contributed by atoms with E-state index in [2.05, 4.69) is 13.5 Å². The second-order valence-corrected chi connectivity index (χ2v) is 14.2. The summed E-state index contributed by atoms with van der Waals surface area (Å²) in [6.07, 6.45) is 6.85. The average molecular weight is 752 g/mol. The van der Waals surface area contributed by atoms with Crippen LogP contribution in [-0.4, -0.2) is 117 Å². The molecule has 301 valence electrons. The number of hydrogen-bond acceptors (Lipinski definition) is 13. The molecule has 2 unspecified atom stereocenters. The number of aliphatic hydroxyl groups is 3. The third kappa shape index (κ3) is 15.2. The van der Waals surface area contributed by atoms with Gasteiger partial charge in [-0.1, -0.05) is 66.0 Å². The van der Waals surface area contributed by atoms with Crippen molar-refractivity contribution in [2.45, 2.75) is 160 Å². The zero-order chi connectivity index (χ0) is 37.4. The molecule has 3 rings (SSSR count). The zero-order valence-corrected chi connectivity index (χ0v) is 31.4. The number of unbranched alkanes of at least 4 members (excludes halogenated alkanes) is 4. The summed E-state index contributed by atoms with van der Waals surface area (Å²) >= 11 is 0. The van der Waals surface area contributed by atoms with Crippen LogP contribution in [0.25, 0.3) is 0 Å². The Morgan fingerprint density at radius 3 is 2.42 bits per heavy atom. The van der Waals surface area contributed by atoms with Crippen LogP contribution in [0, 0.1) is 5.41 Å². The van der Waals surface area contributed by atoms with Crippen molar-refractivity contribution in [2.75, 3.05) is 26.9 Å². The van der Waals surface area contributed by atoms with Crippen LogP contribution >= 0.6 is 0 Å². The summed E-state index contributed by atoms with van der Waals surface area (Å²) in [7, 11) is 1.21. The molecule has 0 aliphatic carbocycles. The molecule has 0 amide bonds. The number of ether oxygens (including phenoxy) is 7. The maximum Gasteiger partial charge on any atom is 0.330 e. The van der Waals surface area contributed by atoms with E-state index in [0.29, 0.717) is 32.3 Å². The molecule has 14 heteroatoms. The molecule has 3 radical (unpaired) electrons. The number of fused-ring (bicyclic) bond motifs is 4. The highest BCUT2D eigenvalue weighted by atomic mass is 16.7. The number of aliphatic hydroxyl groups excluding tert-OH is 2. The Morgan fingerprint density at radius 2 is 1.74 bits per heavy atom. The van der Waals surface area contributed by atoms with Gasteiger partial charge in [0.1, 0.15) is 6.10 Å². The quantitative estimate of drug-likeness (QED) is 0.0667. The molecule has 0 aromatic heterocycles. The van der Waals surface area contributed by atoms with E-state index in [1.165, 1.54) is 13.2 Å². The monoisotopic (exact) mass is 751 g/mol. The molecule has 2 saturated heterocycles. The first-order chi connectivity index (χ1) is 24.3. The molecule has 8 atom stereocenters. The fourth-order valence-corrected chi connectivity index (χ4v) is 6.55. The van der Waals surface area contributed by atoms with Gasteiger partial charge >= 0.3 is 17.9 Å². The summed E-state index contributed by atoms with van der Waals surface area (Å²) in [5, 5.41) is 33.3. The Labute approximate surface area is 318 Å². The lowest BCUT2D eigenvalue weighted by Crippen LogP contribution is -2.62.